The second-order valence-electron chi connectivity index (χ2n) is 6.52. The molecule has 2 aromatic rings. The predicted molar refractivity (Wildman–Crippen MR) is 110 cm³/mol. The van der Waals surface area contributed by atoms with E-state index in [9.17, 15) is 8.42 Å². The summed E-state index contributed by atoms with van der Waals surface area (Å²) in [5.74, 6) is 0. The van der Waals surface area contributed by atoms with E-state index in [-0.39, 0.29) is 0 Å². The number of aryl methyl sites for hydroxylation is 1. The van der Waals surface area contributed by atoms with E-state index in [4.69, 9.17) is 12.2 Å². The Labute approximate surface area is 165 Å². The van der Waals surface area contributed by atoms with Crippen LogP contribution in [0.4, 0.5) is 5.69 Å². The van der Waals surface area contributed by atoms with Gasteiger partial charge in [0.2, 0.25) is 10.0 Å². The second kappa shape index (κ2) is 9.29. The number of rotatable bonds is 7. The van der Waals surface area contributed by atoms with Crippen molar-refractivity contribution in [3.05, 3.63) is 43.0 Å². The Kier molecular flexibility index (Phi) is 6.81. The Hall–Kier alpha value is -1.97. The van der Waals surface area contributed by atoms with Crippen LogP contribution in [0.1, 0.15) is 25.7 Å². The van der Waals surface area contributed by atoms with Crippen LogP contribution in [0.5, 0.6) is 0 Å². The number of aromatic nitrogens is 2. The van der Waals surface area contributed by atoms with E-state index in [1.54, 1.807) is 41.1 Å². The van der Waals surface area contributed by atoms with Gasteiger partial charge >= 0.3 is 0 Å². The molecule has 146 valence electrons. The molecule has 0 spiro atoms. The van der Waals surface area contributed by atoms with Gasteiger partial charge in [-0.25, -0.2) is 13.4 Å². The average molecular weight is 408 g/mol. The number of hydrogen-bond acceptors (Lipinski definition) is 4. The minimum atomic E-state index is -3.40. The molecule has 0 bridgehead atoms. The zero-order valence-electron chi connectivity index (χ0n) is 15.2. The summed E-state index contributed by atoms with van der Waals surface area (Å²) in [4.78, 5) is 4.33. The van der Waals surface area contributed by atoms with Crippen molar-refractivity contribution in [2.75, 3.05) is 25.0 Å². The van der Waals surface area contributed by atoms with E-state index in [2.05, 4.69) is 15.6 Å². The molecular formula is C18H25N5O2S2. The Morgan fingerprint density at radius 3 is 2.56 bits per heavy atom. The predicted octanol–water partition coefficient (Wildman–Crippen LogP) is 2.43. The molecule has 0 atom stereocenters. The van der Waals surface area contributed by atoms with Gasteiger partial charge in [-0.15, -0.1) is 0 Å². The largest absolute Gasteiger partial charge is 0.362 e. The molecule has 1 aromatic carbocycles. The number of anilines is 1. The lowest BCUT2D eigenvalue weighted by atomic mass is 10.2. The van der Waals surface area contributed by atoms with Gasteiger partial charge in [0.05, 0.1) is 11.2 Å². The summed E-state index contributed by atoms with van der Waals surface area (Å²) in [5, 5.41) is 6.76. The molecule has 9 heteroatoms. The summed E-state index contributed by atoms with van der Waals surface area (Å²) in [6, 6.07) is 6.76. The SMILES string of the molecule is O=S(=O)(c1ccc(NC(=S)NCCCn2ccnc2)cc1)N1CCCCC1. The number of thiocarbonyl (C=S) groups is 1. The van der Waals surface area contributed by atoms with Gasteiger partial charge < -0.3 is 15.2 Å². The summed E-state index contributed by atoms with van der Waals surface area (Å²) in [6.45, 7) is 2.83. The Balaban J connectivity index is 1.47. The fourth-order valence-electron chi connectivity index (χ4n) is 3.02. The lowest BCUT2D eigenvalue weighted by molar-refractivity contribution is 0.346. The van der Waals surface area contributed by atoms with E-state index >= 15 is 0 Å². The number of nitrogens with one attached hydrogen (secondary N) is 2. The highest BCUT2D eigenvalue weighted by molar-refractivity contribution is 7.89. The molecule has 0 unspecified atom stereocenters. The maximum absolute atomic E-state index is 12.7. The first-order chi connectivity index (χ1) is 13.1. The molecule has 1 aliphatic rings. The van der Waals surface area contributed by atoms with E-state index in [1.165, 1.54) is 0 Å². The number of imidazole rings is 1. The van der Waals surface area contributed by atoms with Gasteiger partial charge in [0.25, 0.3) is 0 Å². The first-order valence-electron chi connectivity index (χ1n) is 9.16. The topological polar surface area (TPSA) is 79.3 Å². The summed E-state index contributed by atoms with van der Waals surface area (Å²) >= 11 is 5.29. The smallest absolute Gasteiger partial charge is 0.243 e. The van der Waals surface area contributed by atoms with Gasteiger partial charge in [-0.1, -0.05) is 6.42 Å². The molecule has 0 saturated carbocycles. The minimum absolute atomic E-state index is 0.328. The zero-order valence-corrected chi connectivity index (χ0v) is 16.8. The third-order valence-corrected chi connectivity index (χ3v) is 6.66. The van der Waals surface area contributed by atoms with Crippen molar-refractivity contribution in [1.29, 1.82) is 0 Å². The van der Waals surface area contributed by atoms with E-state index < -0.39 is 10.0 Å². The number of piperidine rings is 1. The molecule has 1 fully saturated rings. The lowest BCUT2D eigenvalue weighted by Crippen LogP contribution is -2.35. The van der Waals surface area contributed by atoms with Gasteiger partial charge in [0.15, 0.2) is 5.11 Å². The van der Waals surface area contributed by atoms with Crippen molar-refractivity contribution in [3.63, 3.8) is 0 Å². The van der Waals surface area contributed by atoms with Crippen LogP contribution in [-0.4, -0.2) is 47.0 Å². The zero-order chi connectivity index (χ0) is 19.1. The van der Waals surface area contributed by atoms with Crippen molar-refractivity contribution < 1.29 is 8.42 Å². The maximum Gasteiger partial charge on any atom is 0.243 e. The summed E-state index contributed by atoms with van der Waals surface area (Å²) < 4.78 is 28.9. The van der Waals surface area contributed by atoms with Crippen molar-refractivity contribution in [2.24, 2.45) is 0 Å². The van der Waals surface area contributed by atoms with Crippen molar-refractivity contribution in [3.8, 4) is 0 Å². The Morgan fingerprint density at radius 2 is 1.89 bits per heavy atom. The normalized spacial score (nSPS) is 15.4. The third kappa shape index (κ3) is 5.50. The van der Waals surface area contributed by atoms with Gasteiger partial charge in [0.1, 0.15) is 0 Å². The first kappa shape index (κ1) is 19.8. The van der Waals surface area contributed by atoms with Gasteiger partial charge in [-0.2, -0.15) is 4.31 Å². The molecular weight excluding hydrogens is 382 g/mol. The quantitative estimate of drug-likeness (QED) is 0.542. The highest BCUT2D eigenvalue weighted by Crippen LogP contribution is 2.21. The van der Waals surface area contributed by atoms with E-state index in [1.807, 2.05) is 10.8 Å². The second-order valence-corrected chi connectivity index (χ2v) is 8.87. The summed E-state index contributed by atoms with van der Waals surface area (Å²) in [7, 11) is -3.40. The average Bonchev–Trinajstić information content (AvgIpc) is 3.20. The molecule has 2 N–H and O–H groups in total. The third-order valence-electron chi connectivity index (χ3n) is 4.50. The number of benzene rings is 1. The fraction of sp³-hybridized carbons (Fsp3) is 0.444. The molecule has 1 saturated heterocycles. The molecule has 27 heavy (non-hydrogen) atoms. The monoisotopic (exact) mass is 407 g/mol. The maximum atomic E-state index is 12.7. The van der Waals surface area contributed by atoms with Crippen LogP contribution in [0.3, 0.4) is 0 Å². The highest BCUT2D eigenvalue weighted by atomic mass is 32.2. The van der Waals surface area contributed by atoms with Crippen molar-refractivity contribution >= 4 is 33.0 Å². The lowest BCUT2D eigenvalue weighted by Gasteiger charge is -2.25. The Bertz CT molecular complexity index is 829. The summed E-state index contributed by atoms with van der Waals surface area (Å²) in [6.07, 6.45) is 9.35. The van der Waals surface area contributed by atoms with Gasteiger partial charge in [-0.3, -0.25) is 0 Å². The molecule has 7 nitrogen and oxygen atoms in total. The van der Waals surface area contributed by atoms with Crippen LogP contribution < -0.4 is 10.6 Å². The first-order valence-corrected chi connectivity index (χ1v) is 11.0. The number of nitrogens with zero attached hydrogens (tertiary/aromatic N) is 3. The number of hydrogen-bond donors (Lipinski definition) is 2. The molecule has 0 aliphatic carbocycles. The molecule has 3 rings (SSSR count). The van der Waals surface area contributed by atoms with Crippen LogP contribution in [0.2, 0.25) is 0 Å². The van der Waals surface area contributed by atoms with Gasteiger partial charge in [0, 0.05) is 44.3 Å². The van der Waals surface area contributed by atoms with Crippen LogP contribution in [0, 0.1) is 0 Å². The van der Waals surface area contributed by atoms with Crippen LogP contribution >= 0.6 is 12.2 Å². The molecule has 0 radical (unpaired) electrons. The Morgan fingerprint density at radius 1 is 1.15 bits per heavy atom. The highest BCUT2D eigenvalue weighted by Gasteiger charge is 2.25. The van der Waals surface area contributed by atoms with Crippen molar-refractivity contribution in [1.82, 2.24) is 19.2 Å². The number of sulfonamides is 1. The standard InChI is InChI=1S/C18H25N5O2S2/c24-27(25,23-12-2-1-3-13-23)17-7-5-16(6-8-17)21-18(26)20-9-4-11-22-14-10-19-15-22/h5-8,10,14-15H,1-4,9,11-13H2,(H2,20,21,26). The summed E-state index contributed by atoms with van der Waals surface area (Å²) in [5.41, 5.74) is 0.764. The van der Waals surface area contributed by atoms with Gasteiger partial charge in [-0.05, 0) is 55.7 Å². The van der Waals surface area contributed by atoms with Crippen LogP contribution in [0.25, 0.3) is 0 Å². The fourth-order valence-corrected chi connectivity index (χ4v) is 4.76. The van der Waals surface area contributed by atoms with Crippen LogP contribution in [0.15, 0.2) is 47.9 Å². The van der Waals surface area contributed by atoms with Crippen LogP contribution in [-0.2, 0) is 16.6 Å². The van der Waals surface area contributed by atoms with E-state index in [0.29, 0.717) is 23.1 Å². The minimum Gasteiger partial charge on any atom is -0.362 e. The van der Waals surface area contributed by atoms with E-state index in [0.717, 1.165) is 44.5 Å². The molecule has 2 heterocycles. The molecule has 1 aromatic heterocycles. The molecule has 0 amide bonds. The van der Waals surface area contributed by atoms with Crippen molar-refractivity contribution in [2.45, 2.75) is 37.1 Å². The molecule has 1 aliphatic heterocycles.